The van der Waals surface area contributed by atoms with E-state index in [1.54, 1.807) is 0 Å². The summed E-state index contributed by atoms with van der Waals surface area (Å²) < 4.78 is 8.76. The zero-order chi connectivity index (χ0) is 34.4. The van der Waals surface area contributed by atoms with Crippen LogP contribution in [0.2, 0.25) is 0 Å². The van der Waals surface area contributed by atoms with E-state index in [0.29, 0.717) is 0 Å². The molecule has 0 spiro atoms. The first-order valence-corrected chi connectivity index (χ1v) is 18.3. The number of benzene rings is 8. The number of fused-ring (bicyclic) bond motifs is 6. The summed E-state index contributed by atoms with van der Waals surface area (Å²) in [4.78, 5) is 4.65. The molecule has 10 rings (SSSR count). The SMILES string of the molecule is c1ccc(N(c2ccc(-c3ccc(N(c4ccccc4)c4ccc5sc6ccccc6c5c4)cc3)cc2)c2ccc3oc4ccccc4c3c2)cc1. The molecule has 0 saturated heterocycles. The minimum absolute atomic E-state index is 0.892. The van der Waals surface area contributed by atoms with Gasteiger partial charge in [0.15, 0.2) is 0 Å². The molecule has 0 aliphatic heterocycles. The first-order chi connectivity index (χ1) is 25.8. The van der Waals surface area contributed by atoms with E-state index in [9.17, 15) is 0 Å². The van der Waals surface area contributed by atoms with Gasteiger partial charge in [0.2, 0.25) is 0 Å². The normalized spacial score (nSPS) is 11.5. The Balaban J connectivity index is 0.999. The summed E-state index contributed by atoms with van der Waals surface area (Å²) in [5.74, 6) is 0. The fraction of sp³-hybridized carbons (Fsp3) is 0. The fourth-order valence-electron chi connectivity index (χ4n) is 7.36. The van der Waals surface area contributed by atoms with Crippen molar-refractivity contribution >= 4 is 87.6 Å². The monoisotopic (exact) mass is 684 g/mol. The number of furan rings is 1. The van der Waals surface area contributed by atoms with Crippen molar-refractivity contribution in [1.29, 1.82) is 0 Å². The molecule has 0 N–H and O–H groups in total. The quantitative estimate of drug-likeness (QED) is 0.167. The Morgan fingerprint density at radius 3 is 1.38 bits per heavy atom. The molecular formula is C48H32N2OS. The molecule has 52 heavy (non-hydrogen) atoms. The first kappa shape index (κ1) is 30.2. The van der Waals surface area contributed by atoms with Crippen LogP contribution in [0, 0.1) is 0 Å². The highest BCUT2D eigenvalue weighted by molar-refractivity contribution is 7.25. The summed E-state index contributed by atoms with van der Waals surface area (Å²) in [5, 5.41) is 4.83. The molecule has 0 amide bonds. The Morgan fingerprint density at radius 2 is 0.750 bits per heavy atom. The summed E-state index contributed by atoms with van der Waals surface area (Å²) in [6.45, 7) is 0. The van der Waals surface area contributed by atoms with E-state index < -0.39 is 0 Å². The first-order valence-electron chi connectivity index (χ1n) is 17.5. The van der Waals surface area contributed by atoms with Gasteiger partial charge in [0, 0.05) is 65.1 Å². The molecule has 4 heteroatoms. The lowest BCUT2D eigenvalue weighted by Gasteiger charge is -2.26. The summed E-state index contributed by atoms with van der Waals surface area (Å²) in [6.07, 6.45) is 0. The minimum Gasteiger partial charge on any atom is -0.456 e. The molecule has 0 saturated carbocycles. The zero-order valence-corrected chi connectivity index (χ0v) is 29.0. The second kappa shape index (κ2) is 12.6. The van der Waals surface area contributed by atoms with Gasteiger partial charge in [-0.05, 0) is 108 Å². The van der Waals surface area contributed by atoms with Crippen molar-refractivity contribution in [2.24, 2.45) is 0 Å². The average molecular weight is 685 g/mol. The smallest absolute Gasteiger partial charge is 0.135 e. The van der Waals surface area contributed by atoms with Crippen LogP contribution in [0.4, 0.5) is 34.1 Å². The highest BCUT2D eigenvalue weighted by atomic mass is 32.1. The molecule has 10 aromatic rings. The van der Waals surface area contributed by atoms with Crippen molar-refractivity contribution in [2.75, 3.05) is 9.80 Å². The van der Waals surface area contributed by atoms with Crippen LogP contribution in [0.3, 0.4) is 0 Å². The number of thiophene rings is 1. The number of rotatable bonds is 7. The zero-order valence-electron chi connectivity index (χ0n) is 28.2. The van der Waals surface area contributed by atoms with Gasteiger partial charge in [-0.15, -0.1) is 11.3 Å². The van der Waals surface area contributed by atoms with Gasteiger partial charge in [-0.3, -0.25) is 0 Å². The third kappa shape index (κ3) is 5.29. The number of para-hydroxylation sites is 3. The Bertz CT molecular complexity index is 2640. The van der Waals surface area contributed by atoms with E-state index in [1.807, 2.05) is 23.5 Å². The largest absolute Gasteiger partial charge is 0.456 e. The van der Waals surface area contributed by atoms with E-state index in [4.69, 9.17) is 4.42 Å². The molecule has 8 aromatic carbocycles. The third-order valence-electron chi connectivity index (χ3n) is 9.85. The van der Waals surface area contributed by atoms with E-state index in [2.05, 4.69) is 192 Å². The summed E-state index contributed by atoms with van der Waals surface area (Å²) >= 11 is 1.85. The molecular weight excluding hydrogens is 653 g/mol. The van der Waals surface area contributed by atoms with Gasteiger partial charge in [-0.25, -0.2) is 0 Å². The third-order valence-corrected chi connectivity index (χ3v) is 11.0. The lowest BCUT2D eigenvalue weighted by atomic mass is 10.0. The van der Waals surface area contributed by atoms with E-state index in [-0.39, 0.29) is 0 Å². The predicted molar refractivity (Wildman–Crippen MR) is 221 cm³/mol. The maximum Gasteiger partial charge on any atom is 0.135 e. The Labute approximate surface area is 305 Å². The number of hydrogen-bond donors (Lipinski definition) is 0. The van der Waals surface area contributed by atoms with Crippen LogP contribution in [0.5, 0.6) is 0 Å². The van der Waals surface area contributed by atoms with Crippen LogP contribution in [-0.2, 0) is 0 Å². The van der Waals surface area contributed by atoms with Crippen molar-refractivity contribution in [3.05, 3.63) is 194 Å². The van der Waals surface area contributed by atoms with Crippen molar-refractivity contribution < 1.29 is 4.42 Å². The van der Waals surface area contributed by atoms with Gasteiger partial charge >= 0.3 is 0 Å². The fourth-order valence-corrected chi connectivity index (χ4v) is 8.45. The predicted octanol–water partition coefficient (Wildman–Crippen LogP) is 14.6. The maximum atomic E-state index is 6.14. The standard InChI is InChI=1S/C48H32N2OS/c1-3-11-35(12-4-1)49(39-27-29-46-43(31-39)41-15-7-9-17-45(41)51-46)37-23-19-33(20-24-37)34-21-25-38(26-22-34)50(36-13-5-2-6-14-36)40-28-30-48-44(32-40)42-16-8-10-18-47(42)52-48/h1-32H. The molecule has 0 fully saturated rings. The van der Waals surface area contributed by atoms with Crippen LogP contribution in [-0.4, -0.2) is 0 Å². The van der Waals surface area contributed by atoms with Gasteiger partial charge in [0.05, 0.1) is 0 Å². The lowest BCUT2D eigenvalue weighted by Crippen LogP contribution is -2.10. The average Bonchev–Trinajstić information content (AvgIpc) is 3.77. The van der Waals surface area contributed by atoms with E-state index in [1.165, 1.54) is 25.7 Å². The van der Waals surface area contributed by atoms with Crippen LogP contribution < -0.4 is 9.80 Å². The number of anilines is 6. The van der Waals surface area contributed by atoms with Crippen molar-refractivity contribution in [3.8, 4) is 11.1 Å². The molecule has 0 unspecified atom stereocenters. The van der Waals surface area contributed by atoms with E-state index >= 15 is 0 Å². The van der Waals surface area contributed by atoms with Crippen molar-refractivity contribution in [2.45, 2.75) is 0 Å². The number of nitrogens with zero attached hydrogens (tertiary/aromatic N) is 2. The Hall–Kier alpha value is -6.62. The summed E-state index contributed by atoms with van der Waals surface area (Å²) in [7, 11) is 0. The van der Waals surface area contributed by atoms with Gasteiger partial charge in [0.25, 0.3) is 0 Å². The van der Waals surface area contributed by atoms with Crippen molar-refractivity contribution in [3.63, 3.8) is 0 Å². The highest BCUT2D eigenvalue weighted by Gasteiger charge is 2.17. The molecule has 0 radical (unpaired) electrons. The van der Waals surface area contributed by atoms with Gasteiger partial charge in [-0.1, -0.05) is 97.1 Å². The molecule has 2 aromatic heterocycles. The maximum absolute atomic E-state index is 6.14. The van der Waals surface area contributed by atoms with Crippen LogP contribution in [0.1, 0.15) is 0 Å². The summed E-state index contributed by atoms with van der Waals surface area (Å²) in [6, 6.07) is 69.1. The van der Waals surface area contributed by atoms with Crippen LogP contribution in [0.25, 0.3) is 53.2 Å². The molecule has 2 heterocycles. The molecule has 3 nitrogen and oxygen atoms in total. The molecule has 0 bridgehead atoms. The molecule has 246 valence electrons. The molecule has 0 aliphatic carbocycles. The molecule has 0 atom stereocenters. The lowest BCUT2D eigenvalue weighted by molar-refractivity contribution is 0.669. The molecule has 0 aliphatic rings. The summed E-state index contributed by atoms with van der Waals surface area (Å²) in [5.41, 5.74) is 10.8. The second-order valence-corrected chi connectivity index (χ2v) is 14.1. The minimum atomic E-state index is 0.892. The highest BCUT2D eigenvalue weighted by Crippen LogP contribution is 2.42. The van der Waals surface area contributed by atoms with E-state index in [0.717, 1.165) is 61.6 Å². The van der Waals surface area contributed by atoms with Crippen LogP contribution in [0.15, 0.2) is 199 Å². The van der Waals surface area contributed by atoms with Gasteiger partial charge in [0.1, 0.15) is 11.2 Å². The number of hydrogen-bond acceptors (Lipinski definition) is 4. The topological polar surface area (TPSA) is 19.6 Å². The van der Waals surface area contributed by atoms with Crippen molar-refractivity contribution in [1.82, 2.24) is 0 Å². The van der Waals surface area contributed by atoms with Crippen LogP contribution >= 0.6 is 11.3 Å². The van der Waals surface area contributed by atoms with Gasteiger partial charge in [-0.2, -0.15) is 0 Å². The van der Waals surface area contributed by atoms with Gasteiger partial charge < -0.3 is 14.2 Å². The Kier molecular flexibility index (Phi) is 7.33. The second-order valence-electron chi connectivity index (χ2n) is 13.0. The Morgan fingerprint density at radius 1 is 0.308 bits per heavy atom.